The molecule has 0 radical (unpaired) electrons. The van der Waals surface area contributed by atoms with Crippen molar-refractivity contribution in [1.29, 1.82) is 0 Å². The predicted octanol–water partition coefficient (Wildman–Crippen LogP) is 3.82. The summed E-state index contributed by atoms with van der Waals surface area (Å²) >= 11 is 10.1. The highest BCUT2D eigenvalue weighted by Gasteiger charge is 2.00. The van der Waals surface area contributed by atoms with Gasteiger partial charge >= 0.3 is 0 Å². The van der Waals surface area contributed by atoms with Crippen LogP contribution in [0.4, 0.5) is 0 Å². The van der Waals surface area contributed by atoms with Crippen molar-refractivity contribution >= 4 is 47.8 Å². The van der Waals surface area contributed by atoms with E-state index in [1.807, 2.05) is 31.2 Å². The Morgan fingerprint density at radius 3 is 1.61 bits per heavy atom. The molecule has 7 heteroatoms. The van der Waals surface area contributed by atoms with Gasteiger partial charge in [-0.2, -0.15) is 10.2 Å². The van der Waals surface area contributed by atoms with Gasteiger partial charge in [-0.3, -0.25) is 9.36 Å². The molecule has 0 atom stereocenters. The fourth-order valence-electron chi connectivity index (χ4n) is 1.34. The SMILES string of the molecule is CCc1nn(C)cc1Br.Cn1cc(Br)c(CBr)n1. The summed E-state index contributed by atoms with van der Waals surface area (Å²) in [6.07, 6.45) is 4.87. The van der Waals surface area contributed by atoms with Gasteiger partial charge in [-0.15, -0.1) is 0 Å². The molecule has 0 aliphatic rings. The minimum absolute atomic E-state index is 0.800. The van der Waals surface area contributed by atoms with Crippen LogP contribution in [-0.4, -0.2) is 19.6 Å². The van der Waals surface area contributed by atoms with Crippen LogP contribution in [0.1, 0.15) is 18.3 Å². The van der Waals surface area contributed by atoms with E-state index in [-0.39, 0.29) is 0 Å². The second-order valence-corrected chi connectivity index (χ2v) is 5.95. The van der Waals surface area contributed by atoms with Crippen molar-refractivity contribution in [2.75, 3.05) is 0 Å². The van der Waals surface area contributed by atoms with Crippen molar-refractivity contribution in [2.45, 2.75) is 18.7 Å². The fraction of sp³-hybridized carbons (Fsp3) is 0.455. The Labute approximate surface area is 132 Å². The zero-order valence-corrected chi connectivity index (χ0v) is 15.2. The van der Waals surface area contributed by atoms with Gasteiger partial charge in [0, 0.05) is 31.8 Å². The van der Waals surface area contributed by atoms with Gasteiger partial charge in [0.15, 0.2) is 0 Å². The first-order chi connectivity index (χ1) is 8.47. The third kappa shape index (κ3) is 4.51. The Morgan fingerprint density at radius 2 is 1.44 bits per heavy atom. The van der Waals surface area contributed by atoms with E-state index in [0.717, 1.165) is 32.1 Å². The number of aryl methyl sites for hydroxylation is 3. The average molecular weight is 443 g/mol. The molecule has 2 aromatic rings. The van der Waals surface area contributed by atoms with Crippen LogP contribution < -0.4 is 0 Å². The van der Waals surface area contributed by atoms with Crippen molar-refractivity contribution < 1.29 is 0 Å². The third-order valence-electron chi connectivity index (χ3n) is 2.17. The van der Waals surface area contributed by atoms with Crippen LogP contribution >= 0.6 is 47.8 Å². The van der Waals surface area contributed by atoms with Gasteiger partial charge in [0.25, 0.3) is 0 Å². The minimum Gasteiger partial charge on any atom is -0.274 e. The van der Waals surface area contributed by atoms with Gasteiger partial charge in [0.2, 0.25) is 0 Å². The van der Waals surface area contributed by atoms with E-state index in [0.29, 0.717) is 0 Å². The molecule has 0 aliphatic carbocycles. The van der Waals surface area contributed by atoms with E-state index in [1.54, 1.807) is 4.68 Å². The summed E-state index contributed by atoms with van der Waals surface area (Å²) in [7, 11) is 3.82. The van der Waals surface area contributed by atoms with Crippen molar-refractivity contribution in [1.82, 2.24) is 19.6 Å². The summed E-state index contributed by atoms with van der Waals surface area (Å²) in [6.45, 7) is 2.09. The van der Waals surface area contributed by atoms with Gasteiger partial charge in [0.05, 0.1) is 20.3 Å². The number of hydrogen-bond acceptors (Lipinski definition) is 2. The number of halogens is 3. The summed E-state index contributed by atoms with van der Waals surface area (Å²) in [5, 5.41) is 9.15. The molecule has 0 saturated heterocycles. The van der Waals surface area contributed by atoms with Crippen molar-refractivity contribution in [3.63, 3.8) is 0 Å². The third-order valence-corrected chi connectivity index (χ3v) is 4.03. The van der Waals surface area contributed by atoms with E-state index in [4.69, 9.17) is 0 Å². The van der Waals surface area contributed by atoms with Gasteiger partial charge in [-0.1, -0.05) is 22.9 Å². The molecule has 0 aliphatic heterocycles. The van der Waals surface area contributed by atoms with Crippen molar-refractivity contribution in [3.8, 4) is 0 Å². The molecule has 100 valence electrons. The molecule has 0 spiro atoms. The van der Waals surface area contributed by atoms with Gasteiger partial charge in [-0.05, 0) is 38.3 Å². The van der Waals surface area contributed by atoms with E-state index < -0.39 is 0 Å². The highest BCUT2D eigenvalue weighted by molar-refractivity contribution is 9.11. The standard InChI is InChI=1S/C6H9BrN2.C5H6Br2N2/c1-3-6-5(7)4-9(2)8-6;1-9-3-4(7)5(2-6)8-9/h4H,3H2,1-2H3;3H,2H2,1H3. The number of alkyl halides is 1. The average Bonchev–Trinajstić information content (AvgIpc) is 2.81. The number of hydrogen-bond donors (Lipinski definition) is 0. The summed E-state index contributed by atoms with van der Waals surface area (Å²) in [4.78, 5) is 0. The molecule has 0 bridgehead atoms. The topological polar surface area (TPSA) is 35.6 Å². The molecule has 0 unspecified atom stereocenters. The van der Waals surface area contributed by atoms with Crippen LogP contribution in [0.2, 0.25) is 0 Å². The van der Waals surface area contributed by atoms with Gasteiger partial charge in [0.1, 0.15) is 0 Å². The summed E-state index contributed by atoms with van der Waals surface area (Å²) in [6, 6.07) is 0. The van der Waals surface area contributed by atoms with Gasteiger partial charge in [-0.25, -0.2) is 0 Å². The summed E-state index contributed by atoms with van der Waals surface area (Å²) in [5.74, 6) is 0. The zero-order valence-electron chi connectivity index (χ0n) is 10.5. The zero-order chi connectivity index (χ0) is 13.7. The Balaban J connectivity index is 0.000000180. The van der Waals surface area contributed by atoms with Crippen LogP contribution in [-0.2, 0) is 25.8 Å². The van der Waals surface area contributed by atoms with E-state index >= 15 is 0 Å². The normalized spacial score (nSPS) is 10.1. The molecule has 0 fully saturated rings. The molecule has 4 nitrogen and oxygen atoms in total. The Morgan fingerprint density at radius 1 is 1.00 bits per heavy atom. The maximum atomic E-state index is 4.20. The fourth-order valence-corrected chi connectivity index (χ4v) is 3.30. The summed E-state index contributed by atoms with van der Waals surface area (Å²) in [5.41, 5.74) is 2.16. The van der Waals surface area contributed by atoms with Crippen LogP contribution in [0, 0.1) is 0 Å². The molecular weight excluding hydrogens is 428 g/mol. The number of rotatable bonds is 2. The summed E-state index contributed by atoms with van der Waals surface area (Å²) < 4.78 is 5.75. The van der Waals surface area contributed by atoms with Crippen molar-refractivity contribution in [3.05, 3.63) is 32.7 Å². The molecule has 0 saturated carbocycles. The highest BCUT2D eigenvalue weighted by Crippen LogP contribution is 2.16. The maximum absolute atomic E-state index is 4.20. The molecular formula is C11H15Br3N4. The van der Waals surface area contributed by atoms with Crippen LogP contribution in [0.5, 0.6) is 0 Å². The molecule has 2 heterocycles. The lowest BCUT2D eigenvalue weighted by Gasteiger charge is -1.85. The molecule has 0 N–H and O–H groups in total. The Bertz CT molecular complexity index is 458. The number of nitrogens with zero attached hydrogens (tertiary/aromatic N) is 4. The molecule has 2 aromatic heterocycles. The minimum atomic E-state index is 0.800. The Kier molecular flexibility index (Phi) is 6.59. The monoisotopic (exact) mass is 440 g/mol. The van der Waals surface area contributed by atoms with E-state index in [1.165, 1.54) is 0 Å². The lowest BCUT2D eigenvalue weighted by atomic mass is 10.3. The first kappa shape index (κ1) is 15.9. The van der Waals surface area contributed by atoms with E-state index in [2.05, 4.69) is 64.9 Å². The lowest BCUT2D eigenvalue weighted by molar-refractivity contribution is 0.746. The van der Waals surface area contributed by atoms with Crippen LogP contribution in [0.15, 0.2) is 21.3 Å². The molecule has 18 heavy (non-hydrogen) atoms. The first-order valence-electron chi connectivity index (χ1n) is 5.39. The largest absolute Gasteiger partial charge is 0.274 e. The lowest BCUT2D eigenvalue weighted by Crippen LogP contribution is -1.88. The first-order valence-corrected chi connectivity index (χ1v) is 8.10. The van der Waals surface area contributed by atoms with E-state index in [9.17, 15) is 0 Å². The van der Waals surface area contributed by atoms with Crippen LogP contribution in [0.25, 0.3) is 0 Å². The second kappa shape index (κ2) is 7.45. The second-order valence-electron chi connectivity index (χ2n) is 3.68. The quantitative estimate of drug-likeness (QED) is 0.663. The maximum Gasteiger partial charge on any atom is 0.0871 e. The molecule has 0 amide bonds. The number of aromatic nitrogens is 4. The molecule has 2 rings (SSSR count). The van der Waals surface area contributed by atoms with Crippen LogP contribution in [0.3, 0.4) is 0 Å². The van der Waals surface area contributed by atoms with Crippen molar-refractivity contribution in [2.24, 2.45) is 14.1 Å². The highest BCUT2D eigenvalue weighted by atomic mass is 79.9. The molecule has 0 aromatic carbocycles. The Hall–Kier alpha value is -0.140. The van der Waals surface area contributed by atoms with Gasteiger partial charge < -0.3 is 0 Å². The smallest absolute Gasteiger partial charge is 0.0871 e. The predicted molar refractivity (Wildman–Crippen MR) is 83.8 cm³/mol.